The van der Waals surface area contributed by atoms with Crippen molar-refractivity contribution >= 4 is 16.6 Å². The fraction of sp³-hybridized carbons (Fsp3) is 0.889. The zero-order valence-electron chi connectivity index (χ0n) is 17.3. The van der Waals surface area contributed by atoms with E-state index in [9.17, 15) is 5.11 Å². The molecule has 4 nitrogen and oxygen atoms in total. The molecule has 0 aromatic carbocycles. The summed E-state index contributed by atoms with van der Waals surface area (Å²) < 4.78 is 18.9. The molecule has 24 heavy (non-hydrogen) atoms. The van der Waals surface area contributed by atoms with Gasteiger partial charge < -0.3 is 18.7 Å². The summed E-state index contributed by atoms with van der Waals surface area (Å²) in [5.74, 6) is 0. The van der Waals surface area contributed by atoms with Gasteiger partial charge in [-0.05, 0) is 42.3 Å². The van der Waals surface area contributed by atoms with E-state index < -0.39 is 16.6 Å². The van der Waals surface area contributed by atoms with Crippen LogP contribution in [-0.4, -0.2) is 46.7 Å². The van der Waals surface area contributed by atoms with Gasteiger partial charge in [-0.15, -0.1) is 0 Å². The van der Waals surface area contributed by atoms with Crippen molar-refractivity contribution in [3.8, 4) is 0 Å². The van der Waals surface area contributed by atoms with E-state index in [1.54, 1.807) is 6.26 Å². The van der Waals surface area contributed by atoms with Gasteiger partial charge >= 0.3 is 0 Å². The molecule has 0 unspecified atom stereocenters. The van der Waals surface area contributed by atoms with E-state index in [0.29, 0.717) is 0 Å². The van der Waals surface area contributed by atoms with E-state index in [0.717, 1.165) is 0 Å². The third kappa shape index (κ3) is 4.94. The van der Waals surface area contributed by atoms with E-state index >= 15 is 0 Å². The van der Waals surface area contributed by atoms with Crippen molar-refractivity contribution in [3.05, 3.63) is 12.3 Å². The van der Waals surface area contributed by atoms with Gasteiger partial charge in [0.05, 0.1) is 19.0 Å². The molecule has 3 atom stereocenters. The first-order valence-corrected chi connectivity index (χ1v) is 14.7. The van der Waals surface area contributed by atoms with Crippen molar-refractivity contribution in [2.45, 2.75) is 96.1 Å². The Hall–Kier alpha value is -0.146. The molecule has 0 saturated heterocycles. The minimum atomic E-state index is -2.00. The normalized spacial score (nSPS) is 26.4. The van der Waals surface area contributed by atoms with Crippen LogP contribution in [0.3, 0.4) is 0 Å². The van der Waals surface area contributed by atoms with Crippen molar-refractivity contribution in [1.29, 1.82) is 0 Å². The molecule has 0 amide bonds. The summed E-state index contributed by atoms with van der Waals surface area (Å²) in [4.78, 5) is 0. The van der Waals surface area contributed by atoms with Gasteiger partial charge in [0, 0.05) is 0 Å². The number of hydrogen-bond donors (Lipinski definition) is 1. The highest BCUT2D eigenvalue weighted by Crippen LogP contribution is 2.41. The van der Waals surface area contributed by atoms with Crippen LogP contribution in [0.5, 0.6) is 0 Å². The number of aliphatic hydroxyl groups excluding tert-OH is 1. The Morgan fingerprint density at radius 2 is 1.38 bits per heavy atom. The standard InChI is InChI=1S/C18H38O4Si2/c1-17(2,3)23(7,8)21-14-11-12-20-15(13-19)16(14)22-24(9,10)18(4,5)6/h11-12,14-16,19H,13H2,1-10H3/t14-,15-,16-/m1/s1. The van der Waals surface area contributed by atoms with Crippen LogP contribution < -0.4 is 0 Å². The summed E-state index contributed by atoms with van der Waals surface area (Å²) in [6, 6.07) is 0. The van der Waals surface area contributed by atoms with Gasteiger partial charge in [0.25, 0.3) is 0 Å². The zero-order chi connectivity index (χ0) is 19.0. The van der Waals surface area contributed by atoms with Gasteiger partial charge in [-0.2, -0.15) is 0 Å². The van der Waals surface area contributed by atoms with Crippen LogP contribution in [-0.2, 0) is 13.6 Å². The monoisotopic (exact) mass is 374 g/mol. The zero-order valence-corrected chi connectivity index (χ0v) is 19.3. The molecule has 0 saturated carbocycles. The molecule has 0 fully saturated rings. The highest BCUT2D eigenvalue weighted by atomic mass is 28.4. The van der Waals surface area contributed by atoms with Gasteiger partial charge in [0.1, 0.15) is 12.2 Å². The number of ether oxygens (including phenoxy) is 1. The average molecular weight is 375 g/mol. The Kier molecular flexibility index (Phi) is 6.60. The van der Waals surface area contributed by atoms with Crippen LogP contribution in [0.4, 0.5) is 0 Å². The number of hydrogen-bond acceptors (Lipinski definition) is 4. The van der Waals surface area contributed by atoms with E-state index in [1.807, 2.05) is 6.08 Å². The van der Waals surface area contributed by atoms with Crippen LogP contribution >= 0.6 is 0 Å². The Morgan fingerprint density at radius 1 is 0.917 bits per heavy atom. The predicted octanol–water partition coefficient (Wildman–Crippen LogP) is 4.67. The number of aliphatic hydroxyl groups is 1. The molecule has 0 aromatic heterocycles. The van der Waals surface area contributed by atoms with Gasteiger partial charge in [-0.25, -0.2) is 0 Å². The lowest BCUT2D eigenvalue weighted by molar-refractivity contribution is -0.0702. The second-order valence-electron chi connectivity index (χ2n) is 9.87. The molecule has 1 N–H and O–H groups in total. The summed E-state index contributed by atoms with van der Waals surface area (Å²) in [6.07, 6.45) is 2.79. The molecule has 1 heterocycles. The van der Waals surface area contributed by atoms with Crippen molar-refractivity contribution < 1.29 is 18.7 Å². The largest absolute Gasteiger partial charge is 0.493 e. The van der Waals surface area contributed by atoms with Crippen molar-refractivity contribution in [2.24, 2.45) is 0 Å². The maximum atomic E-state index is 9.77. The van der Waals surface area contributed by atoms with E-state index in [2.05, 4.69) is 67.7 Å². The summed E-state index contributed by atoms with van der Waals surface area (Å²) >= 11 is 0. The summed E-state index contributed by atoms with van der Waals surface area (Å²) in [6.45, 7) is 22.2. The second kappa shape index (κ2) is 7.23. The van der Waals surface area contributed by atoms with Gasteiger partial charge in [-0.1, -0.05) is 41.5 Å². The quantitative estimate of drug-likeness (QED) is 0.710. The molecule has 0 radical (unpaired) electrons. The van der Waals surface area contributed by atoms with E-state index in [1.165, 1.54) is 0 Å². The molecular weight excluding hydrogens is 336 g/mol. The minimum absolute atomic E-state index is 0.0685. The first-order valence-electron chi connectivity index (χ1n) is 8.91. The summed E-state index contributed by atoms with van der Waals surface area (Å²) in [7, 11) is -3.95. The Labute approximate surface area is 150 Å². The summed E-state index contributed by atoms with van der Waals surface area (Å²) in [5, 5.41) is 9.98. The smallest absolute Gasteiger partial charge is 0.193 e. The van der Waals surface area contributed by atoms with E-state index in [4.69, 9.17) is 13.6 Å². The molecule has 1 rings (SSSR count). The maximum absolute atomic E-state index is 9.77. The molecule has 0 spiro atoms. The van der Waals surface area contributed by atoms with Crippen molar-refractivity contribution in [2.75, 3.05) is 6.61 Å². The third-order valence-electron chi connectivity index (χ3n) is 5.87. The Balaban J connectivity index is 3.08. The lowest BCUT2D eigenvalue weighted by atomic mass is 10.1. The fourth-order valence-electron chi connectivity index (χ4n) is 2.05. The van der Waals surface area contributed by atoms with Crippen LogP contribution in [0.1, 0.15) is 41.5 Å². The lowest BCUT2D eigenvalue weighted by Gasteiger charge is -2.46. The predicted molar refractivity (Wildman–Crippen MR) is 105 cm³/mol. The highest BCUT2D eigenvalue weighted by Gasteiger charge is 2.47. The van der Waals surface area contributed by atoms with E-state index in [-0.39, 0.29) is 35.0 Å². The van der Waals surface area contributed by atoms with Gasteiger partial charge in [0.15, 0.2) is 16.6 Å². The van der Waals surface area contributed by atoms with Crippen LogP contribution in [0.25, 0.3) is 0 Å². The minimum Gasteiger partial charge on any atom is -0.493 e. The molecule has 0 bridgehead atoms. The molecule has 0 aliphatic carbocycles. The third-order valence-corrected chi connectivity index (χ3v) is 14.8. The molecule has 142 valence electrons. The topological polar surface area (TPSA) is 47.9 Å². The summed E-state index contributed by atoms with van der Waals surface area (Å²) in [5.41, 5.74) is 0. The van der Waals surface area contributed by atoms with Crippen molar-refractivity contribution in [1.82, 2.24) is 0 Å². The number of rotatable bonds is 5. The van der Waals surface area contributed by atoms with Crippen LogP contribution in [0.2, 0.25) is 36.3 Å². The van der Waals surface area contributed by atoms with Crippen molar-refractivity contribution in [3.63, 3.8) is 0 Å². The van der Waals surface area contributed by atoms with Gasteiger partial charge in [0.2, 0.25) is 0 Å². The maximum Gasteiger partial charge on any atom is 0.193 e. The Morgan fingerprint density at radius 3 is 1.79 bits per heavy atom. The highest BCUT2D eigenvalue weighted by molar-refractivity contribution is 6.74. The molecular formula is C18H38O4Si2. The van der Waals surface area contributed by atoms with Crippen LogP contribution in [0.15, 0.2) is 12.3 Å². The molecule has 0 aromatic rings. The average Bonchev–Trinajstić information content (AvgIpc) is 2.37. The van der Waals surface area contributed by atoms with Crippen LogP contribution in [0, 0.1) is 0 Å². The first kappa shape index (κ1) is 21.9. The molecule has 1 aliphatic rings. The molecule has 6 heteroatoms. The lowest BCUT2D eigenvalue weighted by Crippen LogP contribution is -2.56. The SMILES string of the molecule is CC(C)(C)[Si](C)(C)O[C@@H]1[C@H](O[Si](C)(C)C(C)(C)C)C=CO[C@@H]1CO. The van der Waals surface area contributed by atoms with Gasteiger partial charge in [-0.3, -0.25) is 0 Å². The fourth-order valence-corrected chi connectivity index (χ4v) is 4.62. The first-order chi connectivity index (χ1) is 10.6. The second-order valence-corrected chi connectivity index (χ2v) is 19.4. The molecule has 1 aliphatic heterocycles. The Bertz CT molecular complexity index is 447.